The maximum Gasteiger partial charge on any atom is 0.246 e. The van der Waals surface area contributed by atoms with Crippen LogP contribution < -0.4 is 0 Å². The number of nitrogens with zero attached hydrogens (tertiary/aromatic N) is 1. The Morgan fingerprint density at radius 1 is 1.11 bits per heavy atom. The monoisotopic (exact) mass is 249 g/mol. The molecule has 0 aliphatic heterocycles. The molecule has 18 heavy (non-hydrogen) atoms. The van der Waals surface area contributed by atoms with Crippen molar-refractivity contribution < 1.29 is 4.79 Å². The molecule has 102 valence electrons. The molecule has 1 amide bonds. The molecule has 0 fully saturated rings. The van der Waals surface area contributed by atoms with Gasteiger partial charge in [0.25, 0.3) is 0 Å². The van der Waals surface area contributed by atoms with Crippen molar-refractivity contribution in [1.82, 2.24) is 4.90 Å². The summed E-state index contributed by atoms with van der Waals surface area (Å²) in [7, 11) is 0. The number of allylic oxidation sites excluding steroid dienone is 5. The normalized spacial score (nSPS) is 11.7. The van der Waals surface area contributed by atoms with E-state index in [0.717, 1.165) is 25.9 Å². The van der Waals surface area contributed by atoms with Gasteiger partial charge in [0.2, 0.25) is 5.91 Å². The van der Waals surface area contributed by atoms with Crippen LogP contribution in [-0.2, 0) is 4.79 Å². The van der Waals surface area contributed by atoms with Crippen LogP contribution in [-0.4, -0.2) is 23.9 Å². The summed E-state index contributed by atoms with van der Waals surface area (Å²) < 4.78 is 0. The second-order valence-electron chi connectivity index (χ2n) is 4.70. The number of carbonyl (C=O) groups excluding carboxylic acids is 1. The van der Waals surface area contributed by atoms with Gasteiger partial charge in [0.15, 0.2) is 0 Å². The van der Waals surface area contributed by atoms with E-state index in [4.69, 9.17) is 0 Å². The van der Waals surface area contributed by atoms with Crippen molar-refractivity contribution in [3.8, 4) is 0 Å². The van der Waals surface area contributed by atoms with E-state index in [1.54, 1.807) is 6.08 Å². The fraction of sp³-hybridized carbons (Fsp3) is 0.562. The molecule has 0 aliphatic rings. The van der Waals surface area contributed by atoms with Crippen LogP contribution in [0.3, 0.4) is 0 Å². The lowest BCUT2D eigenvalue weighted by Gasteiger charge is -2.15. The minimum absolute atomic E-state index is 0.0911. The molecule has 0 atom stereocenters. The fourth-order valence-electron chi connectivity index (χ4n) is 1.61. The Morgan fingerprint density at radius 2 is 1.72 bits per heavy atom. The van der Waals surface area contributed by atoms with E-state index in [0.29, 0.717) is 0 Å². The second kappa shape index (κ2) is 9.69. The molecule has 2 heteroatoms. The van der Waals surface area contributed by atoms with E-state index >= 15 is 0 Å². The summed E-state index contributed by atoms with van der Waals surface area (Å²) >= 11 is 0. The lowest BCUT2D eigenvalue weighted by Crippen LogP contribution is -2.28. The van der Waals surface area contributed by atoms with Crippen LogP contribution in [0.5, 0.6) is 0 Å². The molecule has 0 aromatic rings. The van der Waals surface area contributed by atoms with Crippen molar-refractivity contribution in [2.24, 2.45) is 0 Å². The highest BCUT2D eigenvalue weighted by atomic mass is 16.2. The standard InChI is InChI=1S/C16H27NO/c1-6-17(7-2)16(18)13-9-12-15(5)11-8-10-14(3)4/h9-10,12-13H,6-8,11H2,1-5H3/b13-9+,15-12+. The smallest absolute Gasteiger partial charge is 0.246 e. The maximum absolute atomic E-state index is 11.7. The Labute approximate surface area is 112 Å². The average Bonchev–Trinajstić information content (AvgIpc) is 2.30. The summed E-state index contributed by atoms with van der Waals surface area (Å²) in [4.78, 5) is 13.5. The maximum atomic E-state index is 11.7. The fourth-order valence-corrected chi connectivity index (χ4v) is 1.61. The van der Waals surface area contributed by atoms with Crippen LogP contribution in [0.2, 0.25) is 0 Å². The molecular formula is C16H27NO. The van der Waals surface area contributed by atoms with Gasteiger partial charge in [0.05, 0.1) is 0 Å². The number of likely N-dealkylation sites (N-methyl/N-ethyl adjacent to an activating group) is 1. The number of rotatable bonds is 7. The Kier molecular flexibility index (Phi) is 8.99. The van der Waals surface area contributed by atoms with E-state index < -0.39 is 0 Å². The summed E-state index contributed by atoms with van der Waals surface area (Å²) in [6.07, 6.45) is 9.90. The van der Waals surface area contributed by atoms with Gasteiger partial charge in [-0.25, -0.2) is 0 Å². The minimum atomic E-state index is 0.0911. The van der Waals surface area contributed by atoms with Crippen molar-refractivity contribution in [2.45, 2.75) is 47.5 Å². The molecule has 0 saturated heterocycles. The average molecular weight is 249 g/mol. The molecule has 0 bridgehead atoms. The Morgan fingerprint density at radius 3 is 2.22 bits per heavy atom. The third-order valence-corrected chi connectivity index (χ3v) is 2.79. The van der Waals surface area contributed by atoms with Gasteiger partial charge >= 0.3 is 0 Å². The summed E-state index contributed by atoms with van der Waals surface area (Å²) in [6, 6.07) is 0. The summed E-state index contributed by atoms with van der Waals surface area (Å²) in [6.45, 7) is 11.9. The van der Waals surface area contributed by atoms with Gasteiger partial charge in [-0.05, 0) is 47.5 Å². The molecule has 0 unspecified atom stereocenters. The predicted octanol–water partition coefficient (Wildman–Crippen LogP) is 4.10. The van der Waals surface area contributed by atoms with Crippen LogP contribution in [0, 0.1) is 0 Å². The molecule has 0 saturated carbocycles. The number of amides is 1. The van der Waals surface area contributed by atoms with E-state index in [-0.39, 0.29) is 5.91 Å². The van der Waals surface area contributed by atoms with Gasteiger partial charge in [-0.1, -0.05) is 29.4 Å². The van der Waals surface area contributed by atoms with Gasteiger partial charge < -0.3 is 4.90 Å². The van der Waals surface area contributed by atoms with E-state index in [1.165, 1.54) is 11.1 Å². The van der Waals surface area contributed by atoms with Gasteiger partial charge in [-0.15, -0.1) is 0 Å². The van der Waals surface area contributed by atoms with Crippen LogP contribution in [0.15, 0.2) is 35.5 Å². The first-order valence-electron chi connectivity index (χ1n) is 6.77. The molecular weight excluding hydrogens is 222 g/mol. The van der Waals surface area contributed by atoms with Gasteiger partial charge in [-0.3, -0.25) is 4.79 Å². The zero-order valence-corrected chi connectivity index (χ0v) is 12.5. The van der Waals surface area contributed by atoms with Crippen LogP contribution >= 0.6 is 0 Å². The molecule has 0 radical (unpaired) electrons. The highest BCUT2D eigenvalue weighted by molar-refractivity contribution is 5.87. The van der Waals surface area contributed by atoms with Crippen LogP contribution in [0.1, 0.15) is 47.5 Å². The summed E-state index contributed by atoms with van der Waals surface area (Å²) in [5, 5.41) is 0. The summed E-state index contributed by atoms with van der Waals surface area (Å²) in [5.74, 6) is 0.0911. The lowest BCUT2D eigenvalue weighted by atomic mass is 10.1. The number of carbonyl (C=O) groups is 1. The quantitative estimate of drug-likeness (QED) is 0.378. The van der Waals surface area contributed by atoms with Crippen molar-refractivity contribution in [3.63, 3.8) is 0 Å². The van der Waals surface area contributed by atoms with Crippen LogP contribution in [0.4, 0.5) is 0 Å². The number of hydrogen-bond donors (Lipinski definition) is 0. The Balaban J connectivity index is 4.19. The number of hydrogen-bond acceptors (Lipinski definition) is 1. The predicted molar refractivity (Wildman–Crippen MR) is 79.5 cm³/mol. The Bertz CT molecular complexity index is 329. The zero-order chi connectivity index (χ0) is 14.0. The van der Waals surface area contributed by atoms with Gasteiger partial charge in [-0.2, -0.15) is 0 Å². The molecule has 0 rings (SSSR count). The first-order chi connectivity index (χ1) is 8.51. The van der Waals surface area contributed by atoms with Gasteiger partial charge in [0, 0.05) is 19.2 Å². The summed E-state index contributed by atoms with van der Waals surface area (Å²) in [5.41, 5.74) is 2.66. The molecule has 0 aromatic carbocycles. The highest BCUT2D eigenvalue weighted by Gasteiger charge is 2.03. The van der Waals surface area contributed by atoms with Crippen molar-refractivity contribution in [1.29, 1.82) is 0 Å². The third kappa shape index (κ3) is 7.88. The Hall–Kier alpha value is -1.31. The second-order valence-corrected chi connectivity index (χ2v) is 4.70. The first-order valence-corrected chi connectivity index (χ1v) is 6.77. The topological polar surface area (TPSA) is 20.3 Å². The van der Waals surface area contributed by atoms with Crippen molar-refractivity contribution in [3.05, 3.63) is 35.5 Å². The SMILES string of the molecule is CCN(CC)C(=O)/C=C/C=C(\C)CCC=C(C)C. The molecule has 0 heterocycles. The van der Waals surface area contributed by atoms with Crippen LogP contribution in [0.25, 0.3) is 0 Å². The van der Waals surface area contributed by atoms with E-state index in [1.807, 2.05) is 30.9 Å². The molecule has 2 nitrogen and oxygen atoms in total. The van der Waals surface area contributed by atoms with E-state index in [9.17, 15) is 4.79 Å². The molecule has 0 aliphatic carbocycles. The molecule has 0 N–H and O–H groups in total. The zero-order valence-electron chi connectivity index (χ0n) is 12.5. The largest absolute Gasteiger partial charge is 0.340 e. The minimum Gasteiger partial charge on any atom is -0.340 e. The molecule has 0 spiro atoms. The highest BCUT2D eigenvalue weighted by Crippen LogP contribution is 2.06. The van der Waals surface area contributed by atoms with E-state index in [2.05, 4.69) is 26.8 Å². The van der Waals surface area contributed by atoms with Crippen molar-refractivity contribution >= 4 is 5.91 Å². The third-order valence-electron chi connectivity index (χ3n) is 2.79. The van der Waals surface area contributed by atoms with Crippen molar-refractivity contribution in [2.75, 3.05) is 13.1 Å². The lowest BCUT2D eigenvalue weighted by molar-refractivity contribution is -0.125. The van der Waals surface area contributed by atoms with Gasteiger partial charge in [0.1, 0.15) is 0 Å². The first kappa shape index (κ1) is 16.7. The molecule has 0 aromatic heterocycles.